The zero-order chi connectivity index (χ0) is 31.6. The van der Waals surface area contributed by atoms with E-state index in [1.54, 1.807) is 22.3 Å². The molecule has 2 heteroatoms. The average molecular weight is 611 g/mol. The molecule has 0 saturated heterocycles. The summed E-state index contributed by atoms with van der Waals surface area (Å²) in [5.74, 6) is 0. The lowest BCUT2D eigenvalue weighted by atomic mass is 9.97. The number of fused-ring (bicyclic) bond motifs is 2. The van der Waals surface area contributed by atoms with Crippen LogP contribution in [-0.4, -0.2) is 20.3 Å². The Hall–Kier alpha value is -3.46. The Kier molecular flexibility index (Phi) is 9.18. The molecule has 0 N–H and O–H groups in total. The van der Waals surface area contributed by atoms with E-state index < -0.39 is 8.07 Å². The summed E-state index contributed by atoms with van der Waals surface area (Å²) in [5.41, 5.74) is 15.4. The first kappa shape index (κ1) is 31.5. The molecular weight excluding hydrogens is 561 g/mol. The van der Waals surface area contributed by atoms with Crippen molar-refractivity contribution in [1.82, 2.24) is 0 Å². The van der Waals surface area contributed by atoms with Gasteiger partial charge in [0.15, 0.2) is 0 Å². The smallest absolute Gasteiger partial charge is 0.0751 e. The lowest BCUT2D eigenvalue weighted by Crippen LogP contribution is -2.45. The zero-order valence-corrected chi connectivity index (χ0v) is 29.2. The van der Waals surface area contributed by atoms with Crippen LogP contribution < -0.4 is 0 Å². The van der Waals surface area contributed by atoms with Crippen LogP contribution in [0.5, 0.6) is 0 Å². The van der Waals surface area contributed by atoms with Crippen LogP contribution in [0.4, 0.5) is 0 Å². The number of allylic oxidation sites excluding steroid dienone is 2. The van der Waals surface area contributed by atoms with Crippen LogP contribution in [0.1, 0.15) is 93.6 Å². The van der Waals surface area contributed by atoms with Gasteiger partial charge in [0, 0.05) is 17.7 Å². The van der Waals surface area contributed by atoms with Crippen molar-refractivity contribution >= 4 is 20.2 Å². The number of benzene rings is 4. The number of hydrogen-bond acceptors (Lipinski definition) is 1. The molecule has 4 aromatic rings. The van der Waals surface area contributed by atoms with E-state index in [0.717, 1.165) is 13.0 Å². The topological polar surface area (TPSA) is 9.23 Å². The fourth-order valence-electron chi connectivity index (χ4n) is 8.39. The molecule has 2 aliphatic rings. The molecule has 6 rings (SSSR count). The second-order valence-electron chi connectivity index (χ2n) is 14.6. The highest BCUT2D eigenvalue weighted by molar-refractivity contribution is 6.83. The summed E-state index contributed by atoms with van der Waals surface area (Å²) in [7, 11) is -2.03. The molecule has 0 heterocycles. The van der Waals surface area contributed by atoms with Gasteiger partial charge in [0.05, 0.1) is 13.7 Å². The van der Waals surface area contributed by atoms with Crippen molar-refractivity contribution in [3.8, 4) is 22.3 Å². The van der Waals surface area contributed by atoms with Gasteiger partial charge in [-0.2, -0.15) is 0 Å². The van der Waals surface area contributed by atoms with Gasteiger partial charge in [-0.1, -0.05) is 152 Å². The van der Waals surface area contributed by atoms with Crippen molar-refractivity contribution < 1.29 is 4.74 Å². The Morgan fingerprint density at radius 3 is 1.51 bits per heavy atom. The third-order valence-electron chi connectivity index (χ3n) is 10.2. The monoisotopic (exact) mass is 610 g/mol. The molecule has 4 aromatic carbocycles. The highest BCUT2D eigenvalue weighted by atomic mass is 28.3. The first-order chi connectivity index (χ1) is 21.7. The van der Waals surface area contributed by atoms with Crippen LogP contribution in [0.3, 0.4) is 0 Å². The maximum absolute atomic E-state index is 6.03. The van der Waals surface area contributed by atoms with Gasteiger partial charge in [0.25, 0.3) is 0 Å². The Morgan fingerprint density at radius 2 is 1.04 bits per heavy atom. The zero-order valence-electron chi connectivity index (χ0n) is 28.2. The van der Waals surface area contributed by atoms with Gasteiger partial charge in [-0.25, -0.2) is 0 Å². The molecule has 232 valence electrons. The molecule has 2 atom stereocenters. The van der Waals surface area contributed by atoms with E-state index in [-0.39, 0.29) is 5.60 Å². The maximum Gasteiger partial charge on any atom is 0.0751 e. The maximum atomic E-state index is 6.03. The minimum Gasteiger partial charge on any atom is -0.376 e. The summed E-state index contributed by atoms with van der Waals surface area (Å²) in [6.07, 6.45) is 10.0. The van der Waals surface area contributed by atoms with Crippen LogP contribution in [0.15, 0.2) is 108 Å². The van der Waals surface area contributed by atoms with Crippen molar-refractivity contribution in [3.63, 3.8) is 0 Å². The minimum absolute atomic E-state index is 0.0534. The van der Waals surface area contributed by atoms with E-state index in [4.69, 9.17) is 4.74 Å². The Morgan fingerprint density at radius 1 is 0.578 bits per heavy atom. The fourth-order valence-corrected chi connectivity index (χ4v) is 14.5. The molecule has 0 aromatic heterocycles. The molecule has 1 nitrogen and oxygen atoms in total. The van der Waals surface area contributed by atoms with E-state index in [0.29, 0.717) is 11.1 Å². The third-order valence-corrected chi connectivity index (χ3v) is 15.8. The van der Waals surface area contributed by atoms with Crippen molar-refractivity contribution in [2.24, 2.45) is 0 Å². The lowest BCUT2D eigenvalue weighted by Gasteiger charge is -2.42. The number of ether oxygens (including phenoxy) is 1. The molecule has 0 fully saturated rings. The Bertz CT molecular complexity index is 1580. The highest BCUT2D eigenvalue weighted by Gasteiger charge is 2.49. The lowest BCUT2D eigenvalue weighted by molar-refractivity contribution is -0.00471. The van der Waals surface area contributed by atoms with Gasteiger partial charge in [0.1, 0.15) is 0 Å². The number of hydrogen-bond donors (Lipinski definition) is 0. The summed E-state index contributed by atoms with van der Waals surface area (Å²) in [6, 6.07) is 37.4. The third kappa shape index (κ3) is 6.46. The quantitative estimate of drug-likeness (QED) is 0.121. The van der Waals surface area contributed by atoms with Crippen molar-refractivity contribution in [1.29, 1.82) is 0 Å². The standard InChI is InChI=1S/C43H50OSi/c1-31-29-39-35(33-19-11-9-12-20-33)23-17-25-37(39)41(31)45(6,28-16-8-7-15-27-44-43(3,4)5)42-32(2)30-40-36(24-18-26-38(40)42)34-21-13-10-14-22-34/h9-14,17-26,29-30,41-42H,7-8,15-16,27-28H2,1-6H3. The molecule has 0 saturated carbocycles. The van der Waals surface area contributed by atoms with Crippen molar-refractivity contribution in [2.45, 2.75) is 89.6 Å². The summed E-state index contributed by atoms with van der Waals surface area (Å²) in [6.45, 7) is 14.9. The summed E-state index contributed by atoms with van der Waals surface area (Å²) >= 11 is 0. The fraction of sp³-hybridized carbons (Fsp3) is 0.349. The Balaban J connectivity index is 1.37. The second kappa shape index (κ2) is 13.1. The predicted molar refractivity (Wildman–Crippen MR) is 197 cm³/mol. The van der Waals surface area contributed by atoms with E-state index in [9.17, 15) is 0 Å². The summed E-state index contributed by atoms with van der Waals surface area (Å²) in [4.78, 5) is 0. The van der Waals surface area contributed by atoms with E-state index >= 15 is 0 Å². The van der Waals surface area contributed by atoms with Crippen LogP contribution in [0.25, 0.3) is 34.4 Å². The first-order valence-electron chi connectivity index (χ1n) is 17.0. The molecular formula is C43H50OSi. The van der Waals surface area contributed by atoms with E-state index in [1.165, 1.54) is 58.7 Å². The minimum atomic E-state index is -2.03. The molecule has 0 radical (unpaired) electrons. The van der Waals surface area contributed by atoms with Gasteiger partial charge in [-0.3, -0.25) is 0 Å². The predicted octanol–water partition coefficient (Wildman–Crippen LogP) is 12.3. The summed E-state index contributed by atoms with van der Waals surface area (Å²) in [5, 5.41) is 0. The highest BCUT2D eigenvalue weighted by Crippen LogP contribution is 2.56. The van der Waals surface area contributed by atoms with E-state index in [1.807, 2.05) is 0 Å². The van der Waals surface area contributed by atoms with E-state index in [2.05, 4.69) is 150 Å². The van der Waals surface area contributed by atoms with Gasteiger partial charge in [0.2, 0.25) is 0 Å². The number of rotatable bonds is 11. The van der Waals surface area contributed by atoms with Crippen LogP contribution >= 0.6 is 0 Å². The van der Waals surface area contributed by atoms with Crippen LogP contribution in [0.2, 0.25) is 12.6 Å². The first-order valence-corrected chi connectivity index (χ1v) is 19.9. The van der Waals surface area contributed by atoms with Gasteiger partial charge >= 0.3 is 0 Å². The SMILES string of the molecule is CC1=Cc2c(-c3ccccc3)cccc2C1[Si](C)(CCCCCCOC(C)(C)C)C1C(C)=Cc2c(-c3ccccc3)cccc21. The van der Waals surface area contributed by atoms with Crippen molar-refractivity contribution in [2.75, 3.05) is 6.61 Å². The molecule has 0 bridgehead atoms. The van der Waals surface area contributed by atoms with Crippen molar-refractivity contribution in [3.05, 3.63) is 130 Å². The largest absolute Gasteiger partial charge is 0.376 e. The average Bonchev–Trinajstić information content (AvgIpc) is 3.56. The molecule has 45 heavy (non-hydrogen) atoms. The van der Waals surface area contributed by atoms with Crippen LogP contribution in [0, 0.1) is 0 Å². The normalized spacial score (nSPS) is 18.6. The molecule has 2 aliphatic carbocycles. The Labute approximate surface area is 273 Å². The van der Waals surface area contributed by atoms with Gasteiger partial charge < -0.3 is 4.74 Å². The van der Waals surface area contributed by atoms with Gasteiger partial charge in [-0.15, -0.1) is 0 Å². The summed E-state index contributed by atoms with van der Waals surface area (Å²) < 4.78 is 6.03. The van der Waals surface area contributed by atoms with Gasteiger partial charge in [-0.05, 0) is 85.5 Å². The number of unbranched alkanes of at least 4 members (excludes halogenated alkanes) is 3. The molecule has 0 aliphatic heterocycles. The molecule has 0 spiro atoms. The molecule has 0 amide bonds. The second-order valence-corrected chi connectivity index (χ2v) is 19.3. The van der Waals surface area contributed by atoms with Crippen LogP contribution in [-0.2, 0) is 4.74 Å². The molecule has 2 unspecified atom stereocenters.